The normalized spacial score (nSPS) is 9.78. The molecule has 0 rings (SSSR count). The number of nitrogens with one attached hydrogen (secondary N) is 1. The van der Waals surface area contributed by atoms with Gasteiger partial charge in [0.25, 0.3) is 6.43 Å². The van der Waals surface area contributed by atoms with E-state index in [2.05, 4.69) is 0 Å². The van der Waals surface area contributed by atoms with Crippen LogP contribution in [0.2, 0.25) is 0 Å². The van der Waals surface area contributed by atoms with E-state index < -0.39 is 18.9 Å². The molecule has 5 heteroatoms. The number of hydrogen-bond acceptors (Lipinski definition) is 1. The Morgan fingerprint density at radius 1 is 1.67 bits per heavy atom. The molecule has 54 valence electrons. The van der Waals surface area contributed by atoms with Crippen LogP contribution in [0.25, 0.3) is 0 Å². The van der Waals surface area contributed by atoms with E-state index in [1.807, 2.05) is 5.32 Å². The minimum Gasteiger partial charge on any atom is -0.349 e. The van der Waals surface area contributed by atoms with Gasteiger partial charge in [-0.25, -0.2) is 8.78 Å². The van der Waals surface area contributed by atoms with Crippen molar-refractivity contribution in [2.24, 2.45) is 0 Å². The van der Waals surface area contributed by atoms with Crippen LogP contribution in [0.1, 0.15) is 0 Å². The third kappa shape index (κ3) is 5.49. The van der Waals surface area contributed by atoms with Crippen molar-refractivity contribution in [3.8, 4) is 0 Å². The molecule has 0 aliphatic rings. The zero-order valence-corrected chi connectivity index (χ0v) is 5.29. The van der Waals surface area contributed by atoms with Gasteiger partial charge < -0.3 is 5.32 Å². The van der Waals surface area contributed by atoms with Gasteiger partial charge in [0.15, 0.2) is 0 Å². The van der Waals surface area contributed by atoms with Crippen LogP contribution in [0.5, 0.6) is 0 Å². The van der Waals surface area contributed by atoms with Gasteiger partial charge in [-0.1, -0.05) is 0 Å². The third-order valence-electron chi connectivity index (χ3n) is 0.575. The molecule has 0 bridgehead atoms. The molecule has 0 aromatic rings. The number of rotatable bonds is 3. The quantitative estimate of drug-likeness (QED) is 0.598. The molecule has 0 heterocycles. The Hall–Kier alpha value is -0.380. The van der Waals surface area contributed by atoms with Crippen molar-refractivity contribution < 1.29 is 13.6 Å². The minimum atomic E-state index is -2.50. The number of carbonyl (C=O) groups excluding carboxylic acids is 1. The highest BCUT2D eigenvalue weighted by Crippen LogP contribution is 1.87. The van der Waals surface area contributed by atoms with Crippen LogP contribution in [0.3, 0.4) is 0 Å². The highest BCUT2D eigenvalue weighted by Gasteiger charge is 2.03. The van der Waals surface area contributed by atoms with Crippen molar-refractivity contribution in [3.63, 3.8) is 0 Å². The zero-order valence-electron chi connectivity index (χ0n) is 4.53. The fourth-order valence-electron chi connectivity index (χ4n) is 0.238. The molecular formula is C4H6ClF2NO. The second-order valence-corrected chi connectivity index (χ2v) is 1.60. The predicted molar refractivity (Wildman–Crippen MR) is 29.7 cm³/mol. The van der Waals surface area contributed by atoms with Gasteiger partial charge in [-0.3, -0.25) is 4.79 Å². The molecule has 0 saturated carbocycles. The third-order valence-corrected chi connectivity index (χ3v) is 0.818. The van der Waals surface area contributed by atoms with Crippen molar-refractivity contribution in [1.82, 2.24) is 5.32 Å². The Morgan fingerprint density at radius 3 is 2.56 bits per heavy atom. The molecule has 0 aromatic carbocycles. The Kier molecular flexibility index (Phi) is 4.30. The molecule has 0 unspecified atom stereocenters. The number of alkyl halides is 3. The summed E-state index contributed by atoms with van der Waals surface area (Å²) in [4.78, 5) is 10.1. The van der Waals surface area contributed by atoms with Gasteiger partial charge in [-0.15, -0.1) is 11.6 Å². The average Bonchev–Trinajstić information content (AvgIpc) is 1.83. The van der Waals surface area contributed by atoms with Gasteiger partial charge in [0.2, 0.25) is 5.91 Å². The summed E-state index contributed by atoms with van der Waals surface area (Å²) >= 11 is 4.98. The van der Waals surface area contributed by atoms with Crippen LogP contribution in [0.4, 0.5) is 8.78 Å². The van der Waals surface area contributed by atoms with Gasteiger partial charge in [0, 0.05) is 0 Å². The average molecular weight is 158 g/mol. The smallest absolute Gasteiger partial charge is 0.255 e. The predicted octanol–water partition coefficient (Wildman–Crippen LogP) is 0.607. The molecule has 0 aliphatic carbocycles. The maximum absolute atomic E-state index is 11.3. The Balaban J connectivity index is 3.17. The maximum Gasteiger partial charge on any atom is 0.255 e. The van der Waals surface area contributed by atoms with Crippen LogP contribution in [-0.2, 0) is 4.79 Å². The summed E-state index contributed by atoms with van der Waals surface area (Å²) in [5, 5.41) is 1.91. The largest absolute Gasteiger partial charge is 0.349 e. The summed E-state index contributed by atoms with van der Waals surface area (Å²) in [7, 11) is 0. The Bertz CT molecular complexity index is 98.6. The molecule has 9 heavy (non-hydrogen) atoms. The van der Waals surface area contributed by atoms with Crippen molar-refractivity contribution in [2.75, 3.05) is 12.4 Å². The van der Waals surface area contributed by atoms with Crippen LogP contribution < -0.4 is 5.32 Å². The van der Waals surface area contributed by atoms with Gasteiger partial charge in [-0.05, 0) is 0 Å². The summed E-state index contributed by atoms with van der Waals surface area (Å²) in [6.07, 6.45) is -2.50. The first kappa shape index (κ1) is 8.62. The van der Waals surface area contributed by atoms with E-state index in [4.69, 9.17) is 11.6 Å². The van der Waals surface area contributed by atoms with E-state index >= 15 is 0 Å². The first-order valence-electron chi connectivity index (χ1n) is 2.27. The van der Waals surface area contributed by atoms with Gasteiger partial charge in [-0.2, -0.15) is 0 Å². The fraction of sp³-hybridized carbons (Fsp3) is 0.750. The van der Waals surface area contributed by atoms with Gasteiger partial charge >= 0.3 is 0 Å². The van der Waals surface area contributed by atoms with E-state index in [1.54, 1.807) is 0 Å². The Morgan fingerprint density at radius 2 is 2.22 bits per heavy atom. The molecule has 0 aliphatic heterocycles. The number of hydrogen-bond donors (Lipinski definition) is 1. The monoisotopic (exact) mass is 157 g/mol. The molecule has 0 atom stereocenters. The van der Waals surface area contributed by atoms with Gasteiger partial charge in [0.05, 0.1) is 6.54 Å². The van der Waals surface area contributed by atoms with Crippen LogP contribution in [0, 0.1) is 0 Å². The van der Waals surface area contributed by atoms with Crippen molar-refractivity contribution in [3.05, 3.63) is 0 Å². The lowest BCUT2D eigenvalue weighted by atomic mass is 10.6. The van der Waals surface area contributed by atoms with Crippen LogP contribution in [0.15, 0.2) is 0 Å². The van der Waals surface area contributed by atoms with Gasteiger partial charge in [0.1, 0.15) is 5.88 Å². The number of carbonyl (C=O) groups is 1. The maximum atomic E-state index is 11.3. The molecule has 1 amide bonds. The highest BCUT2D eigenvalue weighted by atomic mass is 35.5. The van der Waals surface area contributed by atoms with E-state index in [9.17, 15) is 13.6 Å². The minimum absolute atomic E-state index is 0.271. The molecular weight excluding hydrogens is 151 g/mol. The zero-order chi connectivity index (χ0) is 7.28. The van der Waals surface area contributed by atoms with Crippen molar-refractivity contribution in [1.29, 1.82) is 0 Å². The Labute approximate surface area is 56.2 Å². The molecule has 0 radical (unpaired) electrons. The van der Waals surface area contributed by atoms with E-state index in [0.29, 0.717) is 0 Å². The van der Waals surface area contributed by atoms with E-state index in [-0.39, 0.29) is 5.88 Å². The van der Waals surface area contributed by atoms with Crippen molar-refractivity contribution in [2.45, 2.75) is 6.43 Å². The van der Waals surface area contributed by atoms with Crippen LogP contribution in [-0.4, -0.2) is 24.8 Å². The second kappa shape index (κ2) is 4.49. The summed E-state index contributed by atoms with van der Waals surface area (Å²) in [5.41, 5.74) is 0. The molecule has 1 N–H and O–H groups in total. The summed E-state index contributed by atoms with van der Waals surface area (Å²) < 4.78 is 22.5. The molecule has 2 nitrogen and oxygen atoms in total. The highest BCUT2D eigenvalue weighted by molar-refractivity contribution is 6.27. The summed E-state index contributed by atoms with van der Waals surface area (Å²) in [6, 6.07) is 0. The first-order valence-corrected chi connectivity index (χ1v) is 2.81. The topological polar surface area (TPSA) is 29.1 Å². The van der Waals surface area contributed by atoms with Crippen molar-refractivity contribution >= 4 is 17.5 Å². The fourth-order valence-corrected chi connectivity index (χ4v) is 0.333. The second-order valence-electron chi connectivity index (χ2n) is 1.33. The lowest BCUT2D eigenvalue weighted by Gasteiger charge is -1.98. The molecule has 0 saturated heterocycles. The summed E-state index contributed by atoms with van der Waals surface area (Å²) in [6.45, 7) is -0.619. The van der Waals surface area contributed by atoms with Crippen LogP contribution >= 0.6 is 11.6 Å². The standard InChI is InChI=1S/C4H6ClF2NO/c5-1-4(9)8-2-3(6)7/h3H,1-2H2,(H,8,9). The lowest BCUT2D eigenvalue weighted by Crippen LogP contribution is -2.29. The molecule has 0 spiro atoms. The van der Waals surface area contributed by atoms with E-state index in [0.717, 1.165) is 0 Å². The SMILES string of the molecule is O=C(CCl)NCC(F)F. The number of halogens is 3. The van der Waals surface area contributed by atoms with E-state index in [1.165, 1.54) is 0 Å². The lowest BCUT2D eigenvalue weighted by molar-refractivity contribution is -0.119. The first-order chi connectivity index (χ1) is 4.16. The molecule has 0 fully saturated rings. The molecule has 0 aromatic heterocycles. The summed E-state index contributed by atoms with van der Waals surface area (Å²) in [5.74, 6) is -0.843. The number of amides is 1.